The highest BCUT2D eigenvalue weighted by Gasteiger charge is 2.27. The van der Waals surface area contributed by atoms with E-state index in [4.69, 9.17) is 0 Å². The average molecular weight is 503 g/mol. The molecule has 0 radical (unpaired) electrons. The minimum Gasteiger partial charge on any atom is -0.317 e. The van der Waals surface area contributed by atoms with Crippen LogP contribution in [-0.2, 0) is 0 Å². The molecule has 1 fully saturated rings. The second-order valence-electron chi connectivity index (χ2n) is 9.95. The van der Waals surface area contributed by atoms with Crippen LogP contribution in [0, 0.1) is 11.6 Å². The van der Waals surface area contributed by atoms with Gasteiger partial charge < -0.3 is 20.5 Å². The minimum absolute atomic E-state index is 0.0543. The Morgan fingerprint density at radius 3 is 1.62 bits per heavy atom. The zero-order chi connectivity index (χ0) is 25.2. The summed E-state index contributed by atoms with van der Waals surface area (Å²) >= 11 is 0. The number of hydrogen-bond donors (Lipinski definition) is 3. The highest BCUT2D eigenvalue weighted by Crippen LogP contribution is 2.36. The SMILES string of the molecule is Fc1cc(C2=CCNCC2)ccc1-c1nnc(-c2ccc(C3=CCNCC3)cc2F)n1C1CCNCC1. The molecule has 3 aliphatic heterocycles. The van der Waals surface area contributed by atoms with Crippen molar-refractivity contribution in [2.75, 3.05) is 39.3 Å². The maximum absolute atomic E-state index is 15.6. The molecular weight excluding hydrogens is 470 g/mol. The first-order chi connectivity index (χ1) is 18.2. The number of nitrogens with zero attached hydrogens (tertiary/aromatic N) is 3. The highest BCUT2D eigenvalue weighted by molar-refractivity contribution is 5.72. The van der Waals surface area contributed by atoms with E-state index in [9.17, 15) is 0 Å². The van der Waals surface area contributed by atoms with Crippen LogP contribution in [-0.4, -0.2) is 54.0 Å². The van der Waals surface area contributed by atoms with E-state index in [1.165, 1.54) is 0 Å². The van der Waals surface area contributed by atoms with Gasteiger partial charge in [0.1, 0.15) is 11.6 Å². The second kappa shape index (κ2) is 10.7. The molecule has 8 heteroatoms. The van der Waals surface area contributed by atoms with Crippen molar-refractivity contribution in [2.24, 2.45) is 0 Å². The minimum atomic E-state index is -0.334. The maximum atomic E-state index is 15.6. The molecule has 0 aliphatic carbocycles. The van der Waals surface area contributed by atoms with Crippen molar-refractivity contribution < 1.29 is 8.78 Å². The van der Waals surface area contributed by atoms with Crippen molar-refractivity contribution in [3.63, 3.8) is 0 Å². The van der Waals surface area contributed by atoms with Crippen molar-refractivity contribution in [3.8, 4) is 22.8 Å². The Balaban J connectivity index is 1.41. The first-order valence-corrected chi connectivity index (χ1v) is 13.2. The van der Waals surface area contributed by atoms with Gasteiger partial charge in [-0.3, -0.25) is 0 Å². The lowest BCUT2D eigenvalue weighted by Crippen LogP contribution is -2.30. The summed E-state index contributed by atoms with van der Waals surface area (Å²) in [5.74, 6) is 0.240. The fourth-order valence-corrected chi connectivity index (χ4v) is 5.63. The fourth-order valence-electron chi connectivity index (χ4n) is 5.63. The van der Waals surface area contributed by atoms with Gasteiger partial charge in [0.2, 0.25) is 0 Å². The molecule has 1 saturated heterocycles. The highest BCUT2D eigenvalue weighted by atomic mass is 19.1. The van der Waals surface area contributed by atoms with Crippen molar-refractivity contribution in [1.29, 1.82) is 0 Å². The zero-order valence-electron chi connectivity index (χ0n) is 20.9. The van der Waals surface area contributed by atoms with Crippen LogP contribution in [0.1, 0.15) is 42.9 Å². The summed E-state index contributed by atoms with van der Waals surface area (Å²) in [6, 6.07) is 10.7. The van der Waals surface area contributed by atoms with Gasteiger partial charge in [-0.05, 0) is 98.4 Å². The average Bonchev–Trinajstić information content (AvgIpc) is 3.39. The molecule has 6 rings (SSSR count). The van der Waals surface area contributed by atoms with E-state index in [0.29, 0.717) is 22.8 Å². The van der Waals surface area contributed by atoms with Crippen LogP contribution in [0.3, 0.4) is 0 Å². The van der Waals surface area contributed by atoms with E-state index in [1.54, 1.807) is 24.3 Å². The fraction of sp³-hybridized carbons (Fsp3) is 0.379. The summed E-state index contributed by atoms with van der Waals surface area (Å²) in [5, 5.41) is 18.8. The summed E-state index contributed by atoms with van der Waals surface area (Å²) in [4.78, 5) is 0. The van der Waals surface area contributed by atoms with Crippen LogP contribution >= 0.6 is 0 Å². The van der Waals surface area contributed by atoms with Crippen molar-refractivity contribution in [3.05, 3.63) is 71.3 Å². The van der Waals surface area contributed by atoms with Crippen molar-refractivity contribution in [2.45, 2.75) is 31.7 Å². The van der Waals surface area contributed by atoms with Crippen molar-refractivity contribution in [1.82, 2.24) is 30.7 Å². The summed E-state index contributed by atoms with van der Waals surface area (Å²) in [7, 11) is 0. The third-order valence-electron chi connectivity index (χ3n) is 7.66. The van der Waals surface area contributed by atoms with Gasteiger partial charge in [0.25, 0.3) is 0 Å². The standard InChI is InChI=1S/C29H32F2N6/c30-26-17-21(19-5-11-32-12-6-19)1-3-24(26)28-35-36-29(37(28)23-9-15-34-16-10-23)25-4-2-22(18-27(25)31)20-7-13-33-14-8-20/h1-5,7,17-18,23,32-34H,6,8-16H2. The molecular formula is C29H32F2N6. The predicted molar refractivity (Wildman–Crippen MR) is 143 cm³/mol. The Hall–Kier alpha value is -3.20. The zero-order valence-corrected chi connectivity index (χ0v) is 20.9. The van der Waals surface area contributed by atoms with Gasteiger partial charge in [0, 0.05) is 19.1 Å². The largest absolute Gasteiger partial charge is 0.317 e. The lowest BCUT2D eigenvalue weighted by molar-refractivity contribution is 0.372. The molecule has 0 bridgehead atoms. The molecule has 0 spiro atoms. The molecule has 0 atom stereocenters. The molecule has 37 heavy (non-hydrogen) atoms. The quantitative estimate of drug-likeness (QED) is 0.477. The monoisotopic (exact) mass is 502 g/mol. The molecule has 0 saturated carbocycles. The molecule has 3 N–H and O–H groups in total. The smallest absolute Gasteiger partial charge is 0.167 e. The van der Waals surface area contributed by atoms with E-state index in [1.807, 2.05) is 16.7 Å². The second-order valence-corrected chi connectivity index (χ2v) is 9.95. The first kappa shape index (κ1) is 24.2. The van der Waals surface area contributed by atoms with Gasteiger partial charge in [-0.15, -0.1) is 10.2 Å². The van der Waals surface area contributed by atoms with Crippen LogP contribution in [0.2, 0.25) is 0 Å². The van der Waals surface area contributed by atoms with Gasteiger partial charge in [-0.1, -0.05) is 24.3 Å². The molecule has 4 heterocycles. The number of hydrogen-bond acceptors (Lipinski definition) is 5. The number of benzene rings is 2. The Kier molecular flexibility index (Phi) is 6.95. The molecule has 1 aromatic heterocycles. The Morgan fingerprint density at radius 1 is 0.676 bits per heavy atom. The number of nitrogens with one attached hydrogen (secondary N) is 3. The summed E-state index contributed by atoms with van der Waals surface area (Å²) in [6.45, 7) is 5.06. The molecule has 0 unspecified atom stereocenters. The van der Waals surface area contributed by atoms with E-state index >= 15 is 8.78 Å². The number of piperidine rings is 1. The maximum Gasteiger partial charge on any atom is 0.167 e. The third-order valence-corrected chi connectivity index (χ3v) is 7.66. The normalized spacial score (nSPS) is 19.0. The third kappa shape index (κ3) is 4.89. The number of aromatic nitrogens is 3. The molecule has 2 aromatic carbocycles. The van der Waals surface area contributed by atoms with Crippen LogP contribution in [0.5, 0.6) is 0 Å². The Labute approximate surface area is 215 Å². The number of rotatable bonds is 5. The topological polar surface area (TPSA) is 66.8 Å². The lowest BCUT2D eigenvalue weighted by Gasteiger charge is -2.27. The first-order valence-electron chi connectivity index (χ1n) is 13.2. The van der Waals surface area contributed by atoms with Gasteiger partial charge in [-0.2, -0.15) is 0 Å². The van der Waals surface area contributed by atoms with Gasteiger partial charge >= 0.3 is 0 Å². The van der Waals surface area contributed by atoms with Crippen LogP contribution in [0.15, 0.2) is 48.6 Å². The van der Waals surface area contributed by atoms with Crippen LogP contribution < -0.4 is 16.0 Å². The molecule has 3 aliphatic rings. The number of halogens is 2. The van der Waals surface area contributed by atoms with Gasteiger partial charge in [0.15, 0.2) is 11.6 Å². The van der Waals surface area contributed by atoms with Crippen LogP contribution in [0.4, 0.5) is 8.78 Å². The lowest BCUT2D eigenvalue weighted by atomic mass is 9.97. The van der Waals surface area contributed by atoms with E-state index < -0.39 is 0 Å². The molecule has 192 valence electrons. The molecule has 3 aromatic rings. The van der Waals surface area contributed by atoms with Crippen molar-refractivity contribution >= 4 is 11.1 Å². The summed E-state index contributed by atoms with van der Waals surface area (Å²) < 4.78 is 33.1. The molecule has 0 amide bonds. The van der Waals surface area contributed by atoms with E-state index in [0.717, 1.165) is 87.2 Å². The van der Waals surface area contributed by atoms with Gasteiger partial charge in [0.05, 0.1) is 11.1 Å². The van der Waals surface area contributed by atoms with Gasteiger partial charge in [-0.25, -0.2) is 8.78 Å². The predicted octanol–water partition coefficient (Wildman–Crippen LogP) is 4.57. The van der Waals surface area contributed by atoms with E-state index in [2.05, 4.69) is 38.3 Å². The van der Waals surface area contributed by atoms with E-state index in [-0.39, 0.29) is 17.7 Å². The summed E-state index contributed by atoms with van der Waals surface area (Å²) in [6.07, 6.45) is 7.65. The van der Waals surface area contributed by atoms with Crippen LogP contribution in [0.25, 0.3) is 33.9 Å². The Bertz CT molecular complexity index is 1260. The Morgan fingerprint density at radius 2 is 1.19 bits per heavy atom. The summed E-state index contributed by atoms with van der Waals surface area (Å²) in [5.41, 5.74) is 4.88. The molecule has 6 nitrogen and oxygen atoms in total.